The van der Waals surface area contributed by atoms with Crippen LogP contribution < -0.4 is 0 Å². The highest BCUT2D eigenvalue weighted by Gasteiger charge is 2.42. The second kappa shape index (κ2) is 10.5. The molecule has 10 heteroatoms. The van der Waals surface area contributed by atoms with Crippen molar-refractivity contribution in [2.24, 2.45) is 0 Å². The van der Waals surface area contributed by atoms with E-state index in [1.807, 2.05) is 30.0 Å². The van der Waals surface area contributed by atoms with Crippen molar-refractivity contribution in [1.29, 1.82) is 0 Å². The number of rotatable bonds is 6. The van der Waals surface area contributed by atoms with Gasteiger partial charge < -0.3 is 15.0 Å². The van der Waals surface area contributed by atoms with Crippen LogP contribution in [0.2, 0.25) is 0 Å². The number of halogens is 1. The standard InChI is InChI=1S/C32H38FN7O2/c1-4-19-12-29(41)24(33)13-23(19)20-7-8-22-25(11-20)36-37-30(22)31-34-26-14-28(40(18(2)3)17-27(26)35-31)32(42)39-15-21(16-39)38-9-5-6-10-38/h7-8,11-13,18,21,28,41H,4-6,9-10,14-17H2,1-3H3,(H,34,35)(H,36,37). The van der Waals surface area contributed by atoms with E-state index in [0.717, 1.165) is 65.2 Å². The zero-order valence-electron chi connectivity index (χ0n) is 24.5. The van der Waals surface area contributed by atoms with Gasteiger partial charge in [0.05, 0.1) is 22.9 Å². The van der Waals surface area contributed by atoms with Crippen molar-refractivity contribution in [1.82, 2.24) is 34.9 Å². The quantitative estimate of drug-likeness (QED) is 0.316. The summed E-state index contributed by atoms with van der Waals surface area (Å²) < 4.78 is 14.2. The first-order valence-electron chi connectivity index (χ1n) is 15.2. The minimum Gasteiger partial charge on any atom is -0.505 e. The van der Waals surface area contributed by atoms with Gasteiger partial charge in [-0.05, 0) is 87.2 Å². The number of hydrogen-bond donors (Lipinski definition) is 3. The molecule has 0 spiro atoms. The van der Waals surface area contributed by atoms with Gasteiger partial charge >= 0.3 is 0 Å². The number of hydrogen-bond acceptors (Lipinski definition) is 6. The Balaban J connectivity index is 1.14. The number of likely N-dealkylation sites (tertiary alicyclic amines) is 2. The molecule has 0 radical (unpaired) electrons. The average Bonchev–Trinajstić information content (AvgIpc) is 3.71. The molecular weight excluding hydrogens is 533 g/mol. The highest BCUT2D eigenvalue weighted by atomic mass is 19.1. The van der Waals surface area contributed by atoms with Gasteiger partial charge in [0.15, 0.2) is 17.4 Å². The fraction of sp³-hybridized carbons (Fsp3) is 0.469. The second-order valence-electron chi connectivity index (χ2n) is 12.3. The second-order valence-corrected chi connectivity index (χ2v) is 12.3. The van der Waals surface area contributed by atoms with Crippen LogP contribution in [-0.4, -0.2) is 90.2 Å². The van der Waals surface area contributed by atoms with Crippen molar-refractivity contribution in [2.75, 3.05) is 26.2 Å². The van der Waals surface area contributed by atoms with E-state index < -0.39 is 5.82 Å². The average molecular weight is 572 g/mol. The number of aromatic amines is 2. The van der Waals surface area contributed by atoms with Crippen molar-refractivity contribution in [3.05, 3.63) is 53.1 Å². The summed E-state index contributed by atoms with van der Waals surface area (Å²) in [6.45, 7) is 10.9. The summed E-state index contributed by atoms with van der Waals surface area (Å²) in [5, 5.41) is 18.5. The predicted molar refractivity (Wildman–Crippen MR) is 159 cm³/mol. The first-order chi connectivity index (χ1) is 20.3. The molecule has 1 atom stereocenters. The van der Waals surface area contributed by atoms with Gasteiger partial charge in [-0.15, -0.1) is 0 Å². The van der Waals surface area contributed by atoms with Crippen LogP contribution in [0.1, 0.15) is 50.6 Å². The molecule has 0 aliphatic carbocycles. The van der Waals surface area contributed by atoms with Crippen molar-refractivity contribution in [3.8, 4) is 28.4 Å². The van der Waals surface area contributed by atoms with Crippen LogP contribution in [0.15, 0.2) is 30.3 Å². The van der Waals surface area contributed by atoms with Gasteiger partial charge in [0.1, 0.15) is 5.69 Å². The lowest BCUT2D eigenvalue weighted by molar-refractivity contribution is -0.146. The highest BCUT2D eigenvalue weighted by molar-refractivity contribution is 5.94. The Hall–Kier alpha value is -3.76. The number of nitrogens with zero attached hydrogens (tertiary/aromatic N) is 5. The molecule has 0 saturated carbocycles. The van der Waals surface area contributed by atoms with Crippen LogP contribution in [0.3, 0.4) is 0 Å². The van der Waals surface area contributed by atoms with Gasteiger partial charge in [-0.25, -0.2) is 9.37 Å². The van der Waals surface area contributed by atoms with E-state index >= 15 is 0 Å². The smallest absolute Gasteiger partial charge is 0.240 e. The molecule has 2 fully saturated rings. The zero-order chi connectivity index (χ0) is 29.1. The van der Waals surface area contributed by atoms with Crippen molar-refractivity contribution < 1.29 is 14.3 Å². The molecule has 4 aromatic rings. The number of aromatic nitrogens is 4. The van der Waals surface area contributed by atoms with E-state index in [-0.39, 0.29) is 23.7 Å². The molecule has 2 saturated heterocycles. The maximum absolute atomic E-state index is 14.2. The SMILES string of the molecule is CCc1cc(O)c(F)cc1-c1ccc2c(-c3nc4c([nH]3)CN(C(C)C)C(C(=O)N3CC(N5CCCC5)C3)C4)n[nH]c2c1. The number of phenols is 1. The number of fused-ring (bicyclic) bond motifs is 2. The number of H-pyrrole nitrogens is 2. The molecule has 5 heterocycles. The van der Waals surface area contributed by atoms with Crippen LogP contribution in [-0.2, 0) is 24.2 Å². The van der Waals surface area contributed by atoms with Gasteiger partial charge in [0.25, 0.3) is 0 Å². The van der Waals surface area contributed by atoms with Crippen LogP contribution in [0.4, 0.5) is 4.39 Å². The summed E-state index contributed by atoms with van der Waals surface area (Å²) in [4.78, 5) is 29.0. The van der Waals surface area contributed by atoms with Crippen molar-refractivity contribution >= 4 is 16.8 Å². The number of phenolic OH excluding ortho intramolecular Hbond substituents is 1. The summed E-state index contributed by atoms with van der Waals surface area (Å²) in [5.74, 6) is -0.0806. The van der Waals surface area contributed by atoms with Gasteiger partial charge in [0.2, 0.25) is 5.91 Å². The Bertz CT molecular complexity index is 1650. The largest absolute Gasteiger partial charge is 0.505 e. The predicted octanol–water partition coefficient (Wildman–Crippen LogP) is 4.47. The number of aromatic hydroxyl groups is 1. The Labute approximate surface area is 244 Å². The van der Waals surface area contributed by atoms with E-state index in [2.05, 4.69) is 38.8 Å². The summed E-state index contributed by atoms with van der Waals surface area (Å²) in [7, 11) is 0. The molecule has 220 valence electrons. The van der Waals surface area contributed by atoms with E-state index in [1.54, 1.807) is 0 Å². The third kappa shape index (κ3) is 4.57. The minimum absolute atomic E-state index is 0.212. The Kier molecular flexibility index (Phi) is 6.78. The van der Waals surface area contributed by atoms with E-state index in [0.29, 0.717) is 36.9 Å². The minimum atomic E-state index is -0.637. The third-order valence-electron chi connectivity index (χ3n) is 9.42. The Morgan fingerprint density at radius 1 is 1.17 bits per heavy atom. The lowest BCUT2D eigenvalue weighted by Crippen LogP contribution is -2.64. The van der Waals surface area contributed by atoms with Crippen LogP contribution in [0, 0.1) is 5.82 Å². The fourth-order valence-corrected chi connectivity index (χ4v) is 6.94. The molecule has 1 unspecified atom stereocenters. The normalized spacial score (nSPS) is 20.0. The number of nitrogens with one attached hydrogen (secondary N) is 2. The molecule has 7 rings (SSSR count). The van der Waals surface area contributed by atoms with E-state index in [9.17, 15) is 14.3 Å². The molecule has 3 aliphatic rings. The fourth-order valence-electron chi connectivity index (χ4n) is 6.94. The van der Waals surface area contributed by atoms with Crippen LogP contribution >= 0.6 is 0 Å². The molecule has 3 N–H and O–H groups in total. The highest BCUT2D eigenvalue weighted by Crippen LogP contribution is 2.35. The molecule has 2 aromatic carbocycles. The first-order valence-corrected chi connectivity index (χ1v) is 15.2. The number of aryl methyl sites for hydroxylation is 1. The molecule has 3 aliphatic heterocycles. The van der Waals surface area contributed by atoms with Gasteiger partial charge in [-0.2, -0.15) is 5.10 Å². The third-order valence-corrected chi connectivity index (χ3v) is 9.42. The number of carbonyl (C=O) groups excluding carboxylic acids is 1. The summed E-state index contributed by atoms with van der Waals surface area (Å²) in [6.07, 6.45) is 3.78. The maximum Gasteiger partial charge on any atom is 0.240 e. The summed E-state index contributed by atoms with van der Waals surface area (Å²) in [5.41, 5.74) is 5.95. The number of amides is 1. The van der Waals surface area contributed by atoms with Crippen LogP contribution in [0.5, 0.6) is 5.75 Å². The number of benzene rings is 2. The first kappa shape index (κ1) is 27.1. The molecule has 9 nitrogen and oxygen atoms in total. The van der Waals surface area contributed by atoms with Gasteiger partial charge in [-0.3, -0.25) is 19.7 Å². The molecule has 2 aromatic heterocycles. The lowest BCUT2D eigenvalue weighted by Gasteiger charge is -2.47. The molecule has 42 heavy (non-hydrogen) atoms. The maximum atomic E-state index is 14.2. The molecule has 1 amide bonds. The van der Waals surface area contributed by atoms with Gasteiger partial charge in [0, 0.05) is 43.5 Å². The van der Waals surface area contributed by atoms with E-state index in [4.69, 9.17) is 4.98 Å². The zero-order valence-corrected chi connectivity index (χ0v) is 24.5. The molecular formula is C32H38FN7O2. The summed E-state index contributed by atoms with van der Waals surface area (Å²) >= 11 is 0. The number of carbonyl (C=O) groups is 1. The van der Waals surface area contributed by atoms with Crippen molar-refractivity contribution in [3.63, 3.8) is 0 Å². The Morgan fingerprint density at radius 2 is 1.95 bits per heavy atom. The lowest BCUT2D eigenvalue weighted by atomic mass is 9.96. The van der Waals surface area contributed by atoms with Gasteiger partial charge in [-0.1, -0.05) is 13.0 Å². The Morgan fingerprint density at radius 3 is 2.69 bits per heavy atom. The van der Waals surface area contributed by atoms with E-state index in [1.165, 1.54) is 25.0 Å². The number of imidazole rings is 1. The van der Waals surface area contributed by atoms with Crippen LogP contribution in [0.25, 0.3) is 33.5 Å². The summed E-state index contributed by atoms with van der Waals surface area (Å²) in [6, 6.07) is 9.27. The topological polar surface area (TPSA) is 104 Å². The monoisotopic (exact) mass is 571 g/mol. The molecule has 0 bridgehead atoms. The van der Waals surface area contributed by atoms with Crippen molar-refractivity contribution in [2.45, 2.75) is 71.1 Å².